The number of fused-ring (bicyclic) bond motifs is 2. The number of carbonyl (C=O) groups is 1. The summed E-state index contributed by atoms with van der Waals surface area (Å²) in [5.74, 6) is 0.689. The SMILES string of the molecule is C=CC(=O)N1CCN(c2nc(OCC3(CN(C)C)COC3)nc3c2CCCN(c2c(C)ccc4[nH]ncc24)C3)C[C@@H]1CC#N. The van der Waals surface area contributed by atoms with Crippen LogP contribution in [-0.2, 0) is 22.5 Å². The van der Waals surface area contributed by atoms with Crippen molar-refractivity contribution in [3.05, 3.63) is 47.8 Å². The van der Waals surface area contributed by atoms with E-state index in [9.17, 15) is 10.1 Å². The van der Waals surface area contributed by atoms with Gasteiger partial charge in [-0.05, 0) is 51.6 Å². The Kier molecular flexibility index (Phi) is 8.42. The molecule has 0 radical (unpaired) electrons. The van der Waals surface area contributed by atoms with Gasteiger partial charge in [-0.1, -0.05) is 12.6 Å². The Labute approximate surface area is 258 Å². The minimum Gasteiger partial charge on any atom is -0.463 e. The molecule has 0 aliphatic carbocycles. The third kappa shape index (κ3) is 5.81. The maximum absolute atomic E-state index is 12.6. The minimum atomic E-state index is -0.256. The first-order valence-electron chi connectivity index (χ1n) is 15.3. The summed E-state index contributed by atoms with van der Waals surface area (Å²) in [6.07, 6.45) is 5.20. The second-order valence-corrected chi connectivity index (χ2v) is 12.6. The predicted octanol–water partition coefficient (Wildman–Crippen LogP) is 2.69. The number of aromatic nitrogens is 4. The molecule has 232 valence electrons. The van der Waals surface area contributed by atoms with Gasteiger partial charge in [0.15, 0.2) is 0 Å². The molecular formula is C32H41N9O3. The fourth-order valence-electron chi connectivity index (χ4n) is 6.87. The lowest BCUT2D eigenvalue weighted by atomic mass is 9.86. The van der Waals surface area contributed by atoms with E-state index in [1.54, 1.807) is 4.90 Å². The number of H-pyrrole nitrogens is 1. The predicted molar refractivity (Wildman–Crippen MR) is 168 cm³/mol. The molecule has 0 saturated carbocycles. The number of rotatable bonds is 9. The van der Waals surface area contributed by atoms with Gasteiger partial charge < -0.3 is 29.1 Å². The summed E-state index contributed by atoms with van der Waals surface area (Å²) in [6.45, 7) is 11.4. The molecule has 2 fully saturated rings. The first kappa shape index (κ1) is 29.8. The molecule has 12 nitrogen and oxygen atoms in total. The van der Waals surface area contributed by atoms with Crippen LogP contribution in [0.4, 0.5) is 11.5 Å². The first-order valence-corrected chi connectivity index (χ1v) is 15.3. The second kappa shape index (κ2) is 12.4. The monoisotopic (exact) mass is 599 g/mol. The van der Waals surface area contributed by atoms with Gasteiger partial charge in [-0.2, -0.15) is 20.3 Å². The lowest BCUT2D eigenvalue weighted by Crippen LogP contribution is -2.55. The summed E-state index contributed by atoms with van der Waals surface area (Å²) in [6, 6.07) is 6.56. The zero-order valence-corrected chi connectivity index (χ0v) is 25.9. The first-order chi connectivity index (χ1) is 21.3. The Hall–Kier alpha value is -4.21. The van der Waals surface area contributed by atoms with Crippen LogP contribution in [0.15, 0.2) is 31.0 Å². The van der Waals surface area contributed by atoms with Gasteiger partial charge in [-0.15, -0.1) is 0 Å². The van der Waals surface area contributed by atoms with E-state index >= 15 is 0 Å². The highest BCUT2D eigenvalue weighted by Crippen LogP contribution is 2.36. The number of ether oxygens (including phenoxy) is 2. The molecule has 3 aromatic rings. The van der Waals surface area contributed by atoms with Crippen molar-refractivity contribution in [1.29, 1.82) is 5.26 Å². The van der Waals surface area contributed by atoms with E-state index in [1.807, 2.05) is 6.20 Å². The van der Waals surface area contributed by atoms with Gasteiger partial charge in [-0.25, -0.2) is 0 Å². The van der Waals surface area contributed by atoms with Gasteiger partial charge >= 0.3 is 6.01 Å². The van der Waals surface area contributed by atoms with E-state index in [2.05, 4.69) is 70.7 Å². The van der Waals surface area contributed by atoms with E-state index in [0.717, 1.165) is 59.6 Å². The number of benzene rings is 1. The Morgan fingerprint density at radius 2 is 2.11 bits per heavy atom. The molecular weight excluding hydrogens is 558 g/mol. The highest BCUT2D eigenvalue weighted by molar-refractivity contribution is 5.93. The largest absolute Gasteiger partial charge is 0.463 e. The van der Waals surface area contributed by atoms with Gasteiger partial charge in [-0.3, -0.25) is 9.89 Å². The lowest BCUT2D eigenvalue weighted by molar-refractivity contribution is -0.140. The Morgan fingerprint density at radius 1 is 1.27 bits per heavy atom. The van der Waals surface area contributed by atoms with E-state index in [1.165, 1.54) is 11.6 Å². The third-order valence-electron chi connectivity index (χ3n) is 8.90. The van der Waals surface area contributed by atoms with Gasteiger partial charge in [0.1, 0.15) is 12.4 Å². The number of carbonyl (C=O) groups excluding carboxylic acids is 1. The van der Waals surface area contributed by atoms with Crippen LogP contribution in [0.5, 0.6) is 6.01 Å². The van der Waals surface area contributed by atoms with E-state index in [-0.39, 0.29) is 23.8 Å². The normalized spacial score (nSPS) is 19.7. The number of amides is 1. The number of hydrogen-bond donors (Lipinski definition) is 1. The molecule has 5 heterocycles. The minimum absolute atomic E-state index is 0.103. The van der Waals surface area contributed by atoms with Crippen LogP contribution >= 0.6 is 0 Å². The van der Waals surface area contributed by atoms with Crippen molar-refractivity contribution in [1.82, 2.24) is 30.0 Å². The zero-order chi connectivity index (χ0) is 30.8. The molecule has 2 saturated heterocycles. The summed E-state index contributed by atoms with van der Waals surface area (Å²) < 4.78 is 12.0. The van der Waals surface area contributed by atoms with Crippen molar-refractivity contribution >= 4 is 28.3 Å². The average Bonchev–Trinajstić information content (AvgIpc) is 3.37. The number of nitriles is 1. The number of nitrogens with one attached hydrogen (secondary N) is 1. The number of anilines is 2. The molecule has 3 aliphatic rings. The van der Waals surface area contributed by atoms with Gasteiger partial charge in [0.2, 0.25) is 5.91 Å². The molecule has 44 heavy (non-hydrogen) atoms. The maximum Gasteiger partial charge on any atom is 0.318 e. The quantitative estimate of drug-likeness (QED) is 0.367. The average molecular weight is 600 g/mol. The summed E-state index contributed by atoms with van der Waals surface area (Å²) in [5, 5.41) is 18.1. The molecule has 2 aromatic heterocycles. The van der Waals surface area contributed by atoms with Crippen molar-refractivity contribution in [2.45, 2.75) is 38.8 Å². The zero-order valence-electron chi connectivity index (χ0n) is 25.9. The molecule has 1 amide bonds. The van der Waals surface area contributed by atoms with Gasteiger partial charge in [0, 0.05) is 43.7 Å². The van der Waals surface area contributed by atoms with E-state index in [4.69, 9.17) is 19.4 Å². The van der Waals surface area contributed by atoms with Gasteiger partial charge in [0.25, 0.3) is 0 Å². The second-order valence-electron chi connectivity index (χ2n) is 12.6. The standard InChI is InChI=1S/C32H41N9O3/c1-5-28(42)41-14-13-40(16-23(41)10-11-33)30-24-7-6-12-39(29-22(2)8-9-26-25(29)15-34-37-26)17-27(24)35-31(36-30)44-21-32(18-38(3)4)19-43-20-32/h5,8-9,15,23H,1,6-7,10,12-14,16-21H2,2-4H3,(H,34,37)/t23-/m0/s1. The van der Waals surface area contributed by atoms with Crippen LogP contribution in [0, 0.1) is 23.7 Å². The van der Waals surface area contributed by atoms with Crippen LogP contribution in [-0.4, -0.2) is 109 Å². The third-order valence-corrected chi connectivity index (χ3v) is 8.90. The van der Waals surface area contributed by atoms with Crippen molar-refractivity contribution in [2.75, 3.05) is 76.4 Å². The van der Waals surface area contributed by atoms with Gasteiger partial charge in [0.05, 0.1) is 66.8 Å². The van der Waals surface area contributed by atoms with Crippen molar-refractivity contribution in [2.24, 2.45) is 5.41 Å². The molecule has 3 aliphatic heterocycles. The van der Waals surface area contributed by atoms with E-state index < -0.39 is 0 Å². The summed E-state index contributed by atoms with van der Waals surface area (Å²) >= 11 is 0. The molecule has 1 N–H and O–H groups in total. The maximum atomic E-state index is 12.6. The summed E-state index contributed by atoms with van der Waals surface area (Å²) in [4.78, 5) is 31.2. The molecule has 0 spiro atoms. The van der Waals surface area contributed by atoms with Crippen LogP contribution in [0.3, 0.4) is 0 Å². The number of piperazine rings is 1. The van der Waals surface area contributed by atoms with Crippen molar-refractivity contribution in [3.63, 3.8) is 0 Å². The topological polar surface area (TPSA) is 127 Å². The molecule has 0 bridgehead atoms. The highest BCUT2D eigenvalue weighted by atomic mass is 16.5. The van der Waals surface area contributed by atoms with Crippen LogP contribution in [0.25, 0.3) is 10.9 Å². The summed E-state index contributed by atoms with van der Waals surface area (Å²) in [5.41, 5.74) is 5.29. The van der Waals surface area contributed by atoms with Crippen molar-refractivity contribution in [3.8, 4) is 12.1 Å². The fourth-order valence-corrected chi connectivity index (χ4v) is 6.87. The number of aromatic amines is 1. The molecule has 1 aromatic carbocycles. The molecule has 0 unspecified atom stereocenters. The molecule has 6 rings (SSSR count). The Morgan fingerprint density at radius 3 is 2.84 bits per heavy atom. The number of nitrogens with zero attached hydrogens (tertiary/aromatic N) is 8. The number of hydrogen-bond acceptors (Lipinski definition) is 10. The Balaban J connectivity index is 1.36. The van der Waals surface area contributed by atoms with Crippen LogP contribution < -0.4 is 14.5 Å². The Bertz CT molecular complexity index is 1570. The smallest absolute Gasteiger partial charge is 0.318 e. The fraction of sp³-hybridized carbons (Fsp3) is 0.531. The number of aryl methyl sites for hydroxylation is 1. The molecule has 1 atom stereocenters. The molecule has 12 heteroatoms. The van der Waals surface area contributed by atoms with Crippen molar-refractivity contribution < 1.29 is 14.3 Å². The highest BCUT2D eigenvalue weighted by Gasteiger charge is 2.41. The lowest BCUT2D eigenvalue weighted by Gasteiger charge is -2.42. The van der Waals surface area contributed by atoms with Crippen LogP contribution in [0.1, 0.15) is 29.7 Å². The van der Waals surface area contributed by atoms with E-state index in [0.29, 0.717) is 52.0 Å². The van der Waals surface area contributed by atoms with Crippen LogP contribution in [0.2, 0.25) is 0 Å². The summed E-state index contributed by atoms with van der Waals surface area (Å²) in [7, 11) is 4.12.